The lowest BCUT2D eigenvalue weighted by Crippen LogP contribution is -2.58. The van der Waals surface area contributed by atoms with E-state index in [9.17, 15) is 24.8 Å². The Labute approximate surface area is 392 Å². The summed E-state index contributed by atoms with van der Waals surface area (Å²) in [5.74, 6) is -0.443. The summed E-state index contributed by atoms with van der Waals surface area (Å²) in [5.41, 5.74) is 10.8. The molecule has 14 heteroatoms. The first-order chi connectivity index (χ1) is 31.5. The maximum Gasteiger partial charge on any atom is 0.246 e. The topological polar surface area (TPSA) is 174 Å². The number of aliphatic hydroxyl groups excluding tert-OH is 1. The van der Waals surface area contributed by atoms with E-state index in [4.69, 9.17) is 9.26 Å². The van der Waals surface area contributed by atoms with Gasteiger partial charge in [-0.2, -0.15) is 5.26 Å². The number of benzene rings is 3. The number of thiazole rings is 1. The Morgan fingerprint density at radius 2 is 1.70 bits per heavy atom. The van der Waals surface area contributed by atoms with Gasteiger partial charge < -0.3 is 34.8 Å². The van der Waals surface area contributed by atoms with E-state index in [1.807, 2.05) is 78.2 Å². The van der Waals surface area contributed by atoms with Crippen molar-refractivity contribution in [3.8, 4) is 27.6 Å². The lowest BCUT2D eigenvalue weighted by atomic mass is 9.85. The van der Waals surface area contributed by atoms with E-state index in [2.05, 4.69) is 81.1 Å². The molecule has 66 heavy (non-hydrogen) atoms. The number of nitrogens with one attached hydrogen (secondary N) is 2. The fourth-order valence-electron chi connectivity index (χ4n) is 8.92. The summed E-state index contributed by atoms with van der Waals surface area (Å²) < 4.78 is 11.3. The number of amides is 3. The van der Waals surface area contributed by atoms with Gasteiger partial charge in [0, 0.05) is 43.1 Å². The highest BCUT2D eigenvalue weighted by atomic mass is 32.1. The van der Waals surface area contributed by atoms with Gasteiger partial charge in [-0.05, 0) is 118 Å². The van der Waals surface area contributed by atoms with E-state index in [0.717, 1.165) is 105 Å². The summed E-state index contributed by atoms with van der Waals surface area (Å²) in [6.07, 6.45) is 3.42. The van der Waals surface area contributed by atoms with Gasteiger partial charge in [-0.3, -0.25) is 14.4 Å². The number of ether oxygens (including phenoxy) is 1. The Hall–Kier alpha value is -5.88. The van der Waals surface area contributed by atoms with Crippen molar-refractivity contribution in [3.05, 3.63) is 106 Å². The number of hydrogen-bond acceptors (Lipinski definition) is 11. The monoisotopic (exact) mass is 913 g/mol. The Bertz CT molecular complexity index is 2530. The third-order valence-corrected chi connectivity index (χ3v) is 14.0. The number of hydrogen-bond donors (Lipinski definition) is 3. The average Bonchev–Trinajstić information content (AvgIpc) is 3.62. The summed E-state index contributed by atoms with van der Waals surface area (Å²) in [7, 11) is 0. The number of nitrogens with zero attached hydrogens (tertiary/aromatic N) is 5. The molecule has 2 fully saturated rings. The van der Waals surface area contributed by atoms with Gasteiger partial charge in [-0.1, -0.05) is 74.5 Å². The quantitative estimate of drug-likeness (QED) is 0.0721. The Balaban J connectivity index is 0.921. The van der Waals surface area contributed by atoms with Crippen molar-refractivity contribution >= 4 is 40.4 Å². The number of carbonyl (C=O) groups excluding carboxylic acids is 3. The Kier molecular flexibility index (Phi) is 14.8. The van der Waals surface area contributed by atoms with Crippen molar-refractivity contribution in [1.82, 2.24) is 25.7 Å². The summed E-state index contributed by atoms with van der Waals surface area (Å²) in [4.78, 5) is 50.4. The van der Waals surface area contributed by atoms with E-state index in [-0.39, 0.29) is 36.9 Å². The molecule has 0 unspecified atom stereocenters. The molecule has 348 valence electrons. The van der Waals surface area contributed by atoms with Crippen LogP contribution in [0.1, 0.15) is 106 Å². The first kappa shape index (κ1) is 48.1. The van der Waals surface area contributed by atoms with Crippen LogP contribution in [0.4, 0.5) is 11.4 Å². The van der Waals surface area contributed by atoms with E-state index in [1.165, 1.54) is 4.90 Å². The molecule has 1 aliphatic carbocycles. The zero-order valence-electron chi connectivity index (χ0n) is 39.4. The molecular weight excluding hydrogens is 851 g/mol. The van der Waals surface area contributed by atoms with E-state index in [1.54, 1.807) is 11.3 Å². The highest BCUT2D eigenvalue weighted by molar-refractivity contribution is 7.13. The minimum Gasteiger partial charge on any atom is -0.391 e. The van der Waals surface area contributed by atoms with Gasteiger partial charge in [0.1, 0.15) is 24.5 Å². The molecule has 0 spiro atoms. The van der Waals surface area contributed by atoms with Crippen molar-refractivity contribution in [2.75, 3.05) is 31.2 Å². The predicted octanol–water partition coefficient (Wildman–Crippen LogP) is 8.95. The maximum atomic E-state index is 14.2. The van der Waals surface area contributed by atoms with Gasteiger partial charge in [-0.15, -0.1) is 11.3 Å². The second-order valence-electron chi connectivity index (χ2n) is 19.1. The maximum absolute atomic E-state index is 14.2. The van der Waals surface area contributed by atoms with Gasteiger partial charge >= 0.3 is 0 Å². The van der Waals surface area contributed by atoms with Crippen molar-refractivity contribution < 1.29 is 28.8 Å². The minimum absolute atomic E-state index is 0.00993. The zero-order valence-corrected chi connectivity index (χ0v) is 40.3. The molecule has 1 saturated heterocycles. The molecule has 2 aliphatic rings. The van der Waals surface area contributed by atoms with Gasteiger partial charge in [0.25, 0.3) is 0 Å². The van der Waals surface area contributed by atoms with Crippen LogP contribution >= 0.6 is 11.3 Å². The third-order valence-electron chi connectivity index (χ3n) is 13.0. The van der Waals surface area contributed by atoms with Crippen molar-refractivity contribution in [3.63, 3.8) is 0 Å². The number of aliphatic hydroxyl groups is 1. The number of β-amino-alcohol motifs (C(OH)–C–C–N with tert-alkyl or cyclic N) is 1. The van der Waals surface area contributed by atoms with Gasteiger partial charge in [0.05, 0.1) is 45.4 Å². The van der Waals surface area contributed by atoms with E-state index >= 15 is 0 Å². The highest BCUT2D eigenvalue weighted by Gasteiger charge is 2.46. The first-order valence-electron chi connectivity index (χ1n) is 23.0. The molecule has 3 amide bonds. The number of unbranched alkanes of at least 4 members (excludes halogenated alkanes) is 2. The molecule has 1 saturated carbocycles. The Morgan fingerprint density at radius 1 is 0.985 bits per heavy atom. The molecule has 0 radical (unpaired) electrons. The molecular formula is C52H63N7O6S. The van der Waals surface area contributed by atoms with Crippen LogP contribution in [0, 0.1) is 44.4 Å². The summed E-state index contributed by atoms with van der Waals surface area (Å²) in [6, 6.07) is 23.1. The molecule has 3 aromatic carbocycles. The molecule has 3 heterocycles. The highest BCUT2D eigenvalue weighted by Crippen LogP contribution is 2.48. The second kappa shape index (κ2) is 20.3. The van der Waals surface area contributed by atoms with Crippen molar-refractivity contribution in [1.29, 1.82) is 5.26 Å². The third kappa shape index (κ3) is 10.9. The molecule has 7 rings (SSSR count). The molecule has 13 nitrogen and oxygen atoms in total. The van der Waals surface area contributed by atoms with Crippen LogP contribution in [0.15, 0.2) is 76.8 Å². The largest absolute Gasteiger partial charge is 0.391 e. The van der Waals surface area contributed by atoms with Gasteiger partial charge in [0.2, 0.25) is 17.7 Å². The number of aromatic nitrogens is 2. The van der Waals surface area contributed by atoms with Crippen LogP contribution in [0.5, 0.6) is 0 Å². The predicted molar refractivity (Wildman–Crippen MR) is 257 cm³/mol. The number of carbonyl (C=O) groups is 3. The van der Waals surface area contributed by atoms with Crippen LogP contribution in [-0.4, -0.2) is 82.4 Å². The number of anilines is 2. The average molecular weight is 914 g/mol. The zero-order chi connectivity index (χ0) is 47.3. The number of aryl methyl sites for hydroxylation is 4. The molecule has 5 aromatic rings. The van der Waals surface area contributed by atoms with Crippen LogP contribution in [0.25, 0.3) is 21.6 Å². The second-order valence-corrected chi connectivity index (χ2v) is 19.9. The van der Waals surface area contributed by atoms with Crippen LogP contribution in [0.3, 0.4) is 0 Å². The fraction of sp³-hybridized carbons (Fsp3) is 0.462. The lowest BCUT2D eigenvalue weighted by Gasteiger charge is -2.35. The standard InChI is InChI=1S/C52H63N7O6S/c1-32-12-13-39(46-34(3)57-65-36(46)5)26-43(32)58(41-20-18-40(19-21-41)52(30-53)22-23-52)24-10-9-11-25-64-29-45(61)56-48(51(6,7)8)50(63)59-28-42(60)27-44(59)49(62)55-33(2)37-14-16-38(17-15-37)47-35(4)54-31-66-47/h12-21,26,31,33,42,44,48,60H,9-11,22-25,27-29H2,1-8H3,(H,55,62)(H,56,61)/t33-,42+,44-,48+/m0/s1. The summed E-state index contributed by atoms with van der Waals surface area (Å²) in [5, 5.41) is 30.6. The number of likely N-dealkylation sites (tertiary alicyclic amines) is 1. The number of nitriles is 1. The lowest BCUT2D eigenvalue weighted by molar-refractivity contribution is -0.144. The Morgan fingerprint density at radius 3 is 2.32 bits per heavy atom. The summed E-state index contributed by atoms with van der Waals surface area (Å²) in [6.45, 7) is 16.3. The fourth-order valence-corrected chi connectivity index (χ4v) is 9.74. The number of rotatable bonds is 18. The molecule has 0 bridgehead atoms. The molecule has 2 aromatic heterocycles. The molecule has 1 aliphatic heterocycles. The minimum atomic E-state index is -0.955. The van der Waals surface area contributed by atoms with Crippen LogP contribution in [0.2, 0.25) is 0 Å². The molecule has 3 N–H and O–H groups in total. The SMILES string of the molecule is Cc1ccc(-c2c(C)noc2C)cc1N(CCCCCOCC(=O)N[C@H](C(=O)N1C[C@H](O)C[C@H]1C(=O)N[C@@H](C)c1ccc(-c2scnc2C)cc1)C(C)(C)C)c1ccc(C2(C#N)CC2)cc1. The van der Waals surface area contributed by atoms with Crippen LogP contribution in [-0.2, 0) is 24.5 Å². The smallest absolute Gasteiger partial charge is 0.246 e. The van der Waals surface area contributed by atoms with Gasteiger partial charge in [-0.25, -0.2) is 4.98 Å². The first-order valence-corrected chi connectivity index (χ1v) is 23.9. The molecule has 4 atom stereocenters. The van der Waals surface area contributed by atoms with E-state index in [0.29, 0.717) is 6.61 Å². The summed E-state index contributed by atoms with van der Waals surface area (Å²) >= 11 is 1.58. The van der Waals surface area contributed by atoms with E-state index < -0.39 is 35.4 Å². The van der Waals surface area contributed by atoms with Gasteiger partial charge in [0.15, 0.2) is 0 Å². The normalized spacial score (nSPS) is 17.5. The van der Waals surface area contributed by atoms with Crippen molar-refractivity contribution in [2.24, 2.45) is 5.41 Å². The van der Waals surface area contributed by atoms with Crippen molar-refractivity contribution in [2.45, 2.75) is 124 Å². The van der Waals surface area contributed by atoms with Crippen LogP contribution < -0.4 is 15.5 Å².